The van der Waals surface area contributed by atoms with Crippen molar-refractivity contribution in [3.8, 4) is 6.07 Å². The van der Waals surface area contributed by atoms with Gasteiger partial charge >= 0.3 is 11.9 Å². The molecular weight excluding hydrogens is 566 g/mol. The largest absolute Gasteiger partial charge is 0.463 e. The average molecular weight is 610 g/mol. The van der Waals surface area contributed by atoms with Gasteiger partial charge in [-0.2, -0.15) is 5.26 Å². The number of nitriles is 1. The summed E-state index contributed by atoms with van der Waals surface area (Å²) >= 11 is 6.89. The van der Waals surface area contributed by atoms with Crippen LogP contribution in [0.15, 0.2) is 30.3 Å². The second kappa shape index (κ2) is 15.4. The third-order valence-corrected chi connectivity index (χ3v) is 8.14. The summed E-state index contributed by atoms with van der Waals surface area (Å²) in [5, 5.41) is 9.81. The fourth-order valence-electron chi connectivity index (χ4n) is 4.73. The number of hydrogen-bond acceptors (Lipinski definition) is 11. The second-order valence-corrected chi connectivity index (χ2v) is 13.9. The highest BCUT2D eigenvalue weighted by atomic mass is 32.2. The molecule has 0 spiro atoms. The van der Waals surface area contributed by atoms with Crippen LogP contribution in [-0.4, -0.2) is 79.5 Å². The van der Waals surface area contributed by atoms with E-state index < -0.39 is 39.4 Å². The molecule has 0 amide bonds. The zero-order chi connectivity index (χ0) is 30.7. The Morgan fingerprint density at radius 1 is 1.05 bits per heavy atom. The van der Waals surface area contributed by atoms with Gasteiger partial charge in [-0.25, -0.2) is 0 Å². The Kier molecular flexibility index (Phi) is 13.2. The van der Waals surface area contributed by atoms with E-state index >= 15 is 0 Å². The molecule has 1 aliphatic heterocycles. The number of nitrogens with zero attached hydrogens (tertiary/aromatic N) is 1. The Labute approximate surface area is 253 Å². The van der Waals surface area contributed by atoms with Crippen LogP contribution in [0.4, 0.5) is 0 Å². The molecular formula is C30H43NO8S2. The summed E-state index contributed by atoms with van der Waals surface area (Å²) in [6, 6.07) is 11.6. The predicted molar refractivity (Wildman–Crippen MR) is 160 cm³/mol. The lowest BCUT2D eigenvalue weighted by molar-refractivity contribution is -0.164. The number of methoxy groups -OCH3 is 1. The fourth-order valence-corrected chi connectivity index (χ4v) is 6.62. The first-order valence-electron chi connectivity index (χ1n) is 13.6. The monoisotopic (exact) mass is 609 g/mol. The van der Waals surface area contributed by atoms with Crippen LogP contribution in [0.2, 0.25) is 0 Å². The van der Waals surface area contributed by atoms with E-state index in [4.69, 9.17) is 40.6 Å². The highest BCUT2D eigenvalue weighted by Gasteiger charge is 2.50. The molecule has 1 fully saturated rings. The van der Waals surface area contributed by atoms with Crippen LogP contribution >= 0.6 is 24.0 Å². The Morgan fingerprint density at radius 2 is 1.71 bits per heavy atom. The van der Waals surface area contributed by atoms with Gasteiger partial charge in [-0.3, -0.25) is 9.59 Å². The van der Waals surface area contributed by atoms with Crippen molar-refractivity contribution in [2.24, 2.45) is 10.8 Å². The minimum Gasteiger partial charge on any atom is -0.463 e. The van der Waals surface area contributed by atoms with E-state index in [1.165, 1.54) is 0 Å². The topological polar surface area (TPSA) is 113 Å². The lowest BCUT2D eigenvalue weighted by Crippen LogP contribution is -2.46. The van der Waals surface area contributed by atoms with E-state index in [1.807, 2.05) is 30.3 Å². The maximum Gasteiger partial charge on any atom is 0.322 e. The molecule has 41 heavy (non-hydrogen) atoms. The van der Waals surface area contributed by atoms with E-state index in [0.29, 0.717) is 24.0 Å². The molecule has 0 radical (unpaired) electrons. The summed E-state index contributed by atoms with van der Waals surface area (Å²) in [7, 11) is 1.57. The smallest absolute Gasteiger partial charge is 0.322 e. The van der Waals surface area contributed by atoms with Crippen LogP contribution in [0.25, 0.3) is 0 Å². The van der Waals surface area contributed by atoms with Crippen molar-refractivity contribution in [3.05, 3.63) is 35.9 Å². The van der Waals surface area contributed by atoms with Crippen molar-refractivity contribution in [3.63, 3.8) is 0 Å². The van der Waals surface area contributed by atoms with Crippen LogP contribution < -0.4 is 0 Å². The van der Waals surface area contributed by atoms with Gasteiger partial charge < -0.3 is 28.4 Å². The van der Waals surface area contributed by atoms with Crippen LogP contribution in [-0.2, 0) is 38.0 Å². The zero-order valence-electron chi connectivity index (χ0n) is 25.2. The maximum absolute atomic E-state index is 13.8. The van der Waals surface area contributed by atoms with Crippen molar-refractivity contribution >= 4 is 40.1 Å². The Morgan fingerprint density at radius 3 is 2.29 bits per heavy atom. The molecule has 3 unspecified atom stereocenters. The van der Waals surface area contributed by atoms with Crippen LogP contribution in [0.3, 0.4) is 0 Å². The molecule has 1 aromatic carbocycles. The lowest BCUT2D eigenvalue weighted by atomic mass is 9.70. The molecule has 0 saturated carbocycles. The van der Waals surface area contributed by atoms with Gasteiger partial charge in [0, 0.05) is 7.11 Å². The molecule has 1 saturated heterocycles. The van der Waals surface area contributed by atoms with Crippen molar-refractivity contribution in [2.45, 2.75) is 71.0 Å². The molecule has 0 aromatic heterocycles. The first-order chi connectivity index (χ1) is 19.2. The quantitative estimate of drug-likeness (QED) is 0.142. The number of ether oxygens (including phenoxy) is 6. The van der Waals surface area contributed by atoms with Crippen LogP contribution in [0.5, 0.6) is 0 Å². The summed E-state index contributed by atoms with van der Waals surface area (Å²) in [5.74, 6) is -1.84. The number of thiocarbonyl (C=S) groups is 1. The minimum absolute atomic E-state index is 0.0124. The Balaban J connectivity index is 2.31. The van der Waals surface area contributed by atoms with Crippen molar-refractivity contribution in [2.75, 3.05) is 46.8 Å². The van der Waals surface area contributed by atoms with Crippen molar-refractivity contribution in [1.82, 2.24) is 0 Å². The number of rotatable bonds is 16. The molecule has 1 aromatic rings. The van der Waals surface area contributed by atoms with Gasteiger partial charge in [0.1, 0.15) is 24.1 Å². The van der Waals surface area contributed by atoms with E-state index in [2.05, 4.69) is 6.07 Å². The summed E-state index contributed by atoms with van der Waals surface area (Å²) in [6.45, 7) is 11.8. The molecule has 1 heterocycles. The summed E-state index contributed by atoms with van der Waals surface area (Å²) in [5.41, 5.74) is -1.33. The standard InChI is InChI=1S/C30H43NO8S2/c1-27(2,21-31)19-29(5,25(32)36-16-15-35-14-13-34-7)20-30(6,41-24(40)22-11-9-8-10-12-22)26(33)37-17-23-18-38-28(3,4)39-23/h8-12,23H,13-20H2,1-7H3. The first kappa shape index (κ1) is 35.1. The molecule has 0 N–H and O–H groups in total. The second-order valence-electron chi connectivity index (χ2n) is 11.7. The van der Waals surface area contributed by atoms with E-state index in [9.17, 15) is 14.9 Å². The van der Waals surface area contributed by atoms with Crippen molar-refractivity contribution < 1.29 is 38.0 Å². The predicted octanol–water partition coefficient (Wildman–Crippen LogP) is 5.09. The number of benzene rings is 1. The van der Waals surface area contributed by atoms with Gasteiger partial charge in [-0.1, -0.05) is 54.3 Å². The van der Waals surface area contributed by atoms with Crippen LogP contribution in [0, 0.1) is 22.2 Å². The zero-order valence-corrected chi connectivity index (χ0v) is 26.8. The normalized spacial score (nSPS) is 19.4. The molecule has 228 valence electrons. The van der Waals surface area contributed by atoms with Gasteiger partial charge in [0.15, 0.2) is 5.79 Å². The highest BCUT2D eigenvalue weighted by Crippen LogP contribution is 2.46. The molecule has 0 aliphatic carbocycles. The van der Waals surface area contributed by atoms with Gasteiger partial charge in [-0.05, 0) is 59.9 Å². The number of carbonyl (C=O) groups is 2. The molecule has 9 nitrogen and oxygen atoms in total. The summed E-state index contributed by atoms with van der Waals surface area (Å²) in [4.78, 5) is 27.4. The van der Waals surface area contributed by atoms with Gasteiger partial charge in [-0.15, -0.1) is 0 Å². The van der Waals surface area contributed by atoms with Crippen LogP contribution in [0.1, 0.15) is 59.9 Å². The third kappa shape index (κ3) is 11.3. The van der Waals surface area contributed by atoms with E-state index in [0.717, 1.165) is 17.3 Å². The van der Waals surface area contributed by atoms with E-state index in [-0.39, 0.29) is 32.7 Å². The van der Waals surface area contributed by atoms with E-state index in [1.54, 1.807) is 48.7 Å². The molecule has 1 aliphatic rings. The molecule has 0 bridgehead atoms. The Hall–Kier alpha value is -2.07. The molecule has 11 heteroatoms. The SMILES string of the molecule is COCCOCCOC(=O)C(C)(CC(C)(C)C#N)CC(C)(SC(=S)c1ccccc1)C(=O)OCC1COC(C)(C)O1. The summed E-state index contributed by atoms with van der Waals surface area (Å²) < 4.78 is 32.3. The van der Waals surface area contributed by atoms with Gasteiger partial charge in [0.2, 0.25) is 0 Å². The first-order valence-corrected chi connectivity index (χ1v) is 14.8. The fraction of sp³-hybridized carbons (Fsp3) is 0.667. The minimum atomic E-state index is -1.30. The lowest BCUT2D eigenvalue weighted by Gasteiger charge is -2.38. The van der Waals surface area contributed by atoms with Crippen molar-refractivity contribution in [1.29, 1.82) is 5.26 Å². The maximum atomic E-state index is 13.8. The Bertz CT molecular complexity index is 1070. The van der Waals surface area contributed by atoms with Gasteiger partial charge in [0.25, 0.3) is 0 Å². The average Bonchev–Trinajstić information content (AvgIpc) is 3.27. The summed E-state index contributed by atoms with van der Waals surface area (Å²) in [6.07, 6.45) is -0.260. The van der Waals surface area contributed by atoms with Gasteiger partial charge in [0.05, 0.1) is 47.5 Å². The number of carbonyl (C=O) groups excluding carboxylic acids is 2. The third-order valence-electron chi connectivity index (χ3n) is 6.47. The molecule has 3 atom stereocenters. The number of hydrogen-bond donors (Lipinski definition) is 0. The molecule has 2 rings (SSSR count). The number of esters is 2. The number of thioether (sulfide) groups is 1. The highest BCUT2D eigenvalue weighted by molar-refractivity contribution is 8.25.